The zero-order valence-electron chi connectivity index (χ0n) is 18.0. The molecule has 1 aromatic carbocycles. The lowest BCUT2D eigenvalue weighted by molar-refractivity contribution is -0.140. The van der Waals surface area contributed by atoms with E-state index in [9.17, 15) is 9.59 Å². The van der Waals surface area contributed by atoms with Gasteiger partial charge in [0.05, 0.1) is 11.6 Å². The van der Waals surface area contributed by atoms with Gasteiger partial charge >= 0.3 is 0 Å². The summed E-state index contributed by atoms with van der Waals surface area (Å²) in [6.45, 7) is 1.41. The minimum absolute atomic E-state index is 0.0600. The number of nitrogens with zero attached hydrogens (tertiary/aromatic N) is 4. The summed E-state index contributed by atoms with van der Waals surface area (Å²) in [4.78, 5) is 35.8. The summed E-state index contributed by atoms with van der Waals surface area (Å²) >= 11 is 0. The molecule has 3 aliphatic rings. The number of ether oxygens (including phenoxy) is 1. The predicted molar refractivity (Wildman–Crippen MR) is 117 cm³/mol. The standard InChI is InChI=1S/C24H28N4O3/c1-26(2)22(29)18-8-10-20(25-16-18)27-14-12-24(13-15-27)23(30)28-19(9-11-21(28)31-24)17-6-4-3-5-7-17/h3-8,10,16,19,21H,9,11-15H2,1-2H3. The average molecular weight is 421 g/mol. The van der Waals surface area contributed by atoms with E-state index in [0.29, 0.717) is 31.5 Å². The van der Waals surface area contributed by atoms with Crippen molar-refractivity contribution < 1.29 is 14.3 Å². The Labute approximate surface area is 182 Å². The molecular weight excluding hydrogens is 392 g/mol. The van der Waals surface area contributed by atoms with E-state index in [0.717, 1.165) is 18.7 Å². The minimum Gasteiger partial charge on any atom is -0.356 e. The molecule has 2 aromatic rings. The number of anilines is 1. The number of amides is 2. The van der Waals surface area contributed by atoms with E-state index in [1.165, 1.54) is 5.56 Å². The van der Waals surface area contributed by atoms with E-state index in [-0.39, 0.29) is 24.1 Å². The Morgan fingerprint density at radius 2 is 1.84 bits per heavy atom. The number of hydrogen-bond acceptors (Lipinski definition) is 5. The molecule has 4 heterocycles. The van der Waals surface area contributed by atoms with Crippen molar-refractivity contribution in [1.29, 1.82) is 0 Å². The molecule has 31 heavy (non-hydrogen) atoms. The summed E-state index contributed by atoms with van der Waals surface area (Å²) in [6.07, 6.45) is 4.66. The van der Waals surface area contributed by atoms with Crippen LogP contribution in [0.4, 0.5) is 5.82 Å². The molecule has 1 spiro atoms. The molecule has 7 nitrogen and oxygen atoms in total. The van der Waals surface area contributed by atoms with Gasteiger partial charge in [0.25, 0.3) is 11.8 Å². The van der Waals surface area contributed by atoms with Crippen molar-refractivity contribution in [3.05, 3.63) is 59.8 Å². The maximum absolute atomic E-state index is 13.5. The number of aromatic nitrogens is 1. The Morgan fingerprint density at radius 3 is 2.48 bits per heavy atom. The fraction of sp³-hybridized carbons (Fsp3) is 0.458. The smallest absolute Gasteiger partial charge is 0.257 e. The molecular formula is C24H28N4O3. The average Bonchev–Trinajstić information content (AvgIpc) is 3.32. The quantitative estimate of drug-likeness (QED) is 0.764. The summed E-state index contributed by atoms with van der Waals surface area (Å²) in [5.74, 6) is 0.914. The molecule has 5 rings (SSSR count). The molecule has 1 aromatic heterocycles. The zero-order chi connectivity index (χ0) is 21.6. The maximum Gasteiger partial charge on any atom is 0.257 e. The number of pyridine rings is 1. The number of carbonyl (C=O) groups is 2. The second-order valence-corrected chi connectivity index (χ2v) is 8.87. The summed E-state index contributed by atoms with van der Waals surface area (Å²) in [5.41, 5.74) is 1.05. The lowest BCUT2D eigenvalue weighted by atomic mass is 9.89. The van der Waals surface area contributed by atoms with Gasteiger partial charge in [0.15, 0.2) is 5.60 Å². The lowest BCUT2D eigenvalue weighted by Crippen LogP contribution is -2.50. The molecule has 0 N–H and O–H groups in total. The molecule has 162 valence electrons. The van der Waals surface area contributed by atoms with Gasteiger partial charge in [-0.05, 0) is 30.5 Å². The highest BCUT2D eigenvalue weighted by Gasteiger charge is 2.57. The molecule has 2 atom stereocenters. The molecule has 0 radical (unpaired) electrons. The van der Waals surface area contributed by atoms with Crippen LogP contribution < -0.4 is 4.90 Å². The van der Waals surface area contributed by atoms with E-state index in [1.54, 1.807) is 25.2 Å². The molecule has 7 heteroatoms. The third-order valence-corrected chi connectivity index (χ3v) is 6.80. The molecule has 2 unspecified atom stereocenters. The molecule has 0 aliphatic carbocycles. The van der Waals surface area contributed by atoms with E-state index < -0.39 is 5.60 Å². The molecule has 3 saturated heterocycles. The van der Waals surface area contributed by atoms with E-state index in [1.807, 2.05) is 35.2 Å². The van der Waals surface area contributed by atoms with Gasteiger partial charge in [-0.25, -0.2) is 4.98 Å². The van der Waals surface area contributed by atoms with Crippen molar-refractivity contribution in [3.8, 4) is 0 Å². The number of carbonyl (C=O) groups excluding carboxylic acids is 2. The van der Waals surface area contributed by atoms with Crippen LogP contribution in [0.3, 0.4) is 0 Å². The van der Waals surface area contributed by atoms with Gasteiger partial charge in [-0.2, -0.15) is 0 Å². The van der Waals surface area contributed by atoms with Gasteiger partial charge in [0.2, 0.25) is 0 Å². The summed E-state index contributed by atoms with van der Waals surface area (Å²) < 4.78 is 6.42. The first-order chi connectivity index (χ1) is 15.0. The van der Waals surface area contributed by atoms with Crippen molar-refractivity contribution in [2.45, 2.75) is 43.6 Å². The van der Waals surface area contributed by atoms with Crippen LogP contribution in [0, 0.1) is 0 Å². The lowest BCUT2D eigenvalue weighted by Gasteiger charge is -2.38. The first-order valence-corrected chi connectivity index (χ1v) is 11.0. The monoisotopic (exact) mass is 420 g/mol. The SMILES string of the molecule is CN(C)C(=O)c1ccc(N2CCC3(CC2)OC2CCC(c4ccccc4)N2C3=O)nc1. The highest BCUT2D eigenvalue weighted by atomic mass is 16.6. The highest BCUT2D eigenvalue weighted by molar-refractivity contribution is 5.93. The van der Waals surface area contributed by atoms with E-state index >= 15 is 0 Å². The van der Waals surface area contributed by atoms with Crippen LogP contribution in [0.5, 0.6) is 0 Å². The summed E-state index contributed by atoms with van der Waals surface area (Å²) in [7, 11) is 3.46. The molecule has 3 aliphatic heterocycles. The van der Waals surface area contributed by atoms with Crippen LogP contribution in [-0.2, 0) is 9.53 Å². The van der Waals surface area contributed by atoms with Gasteiger partial charge < -0.3 is 19.4 Å². The van der Waals surface area contributed by atoms with Gasteiger partial charge in [-0.15, -0.1) is 0 Å². The normalized spacial score (nSPS) is 24.5. The van der Waals surface area contributed by atoms with Crippen LogP contribution in [0.1, 0.15) is 47.6 Å². The van der Waals surface area contributed by atoms with Gasteiger partial charge in [-0.1, -0.05) is 30.3 Å². The Kier molecular flexibility index (Phi) is 4.93. The summed E-state index contributed by atoms with van der Waals surface area (Å²) in [5, 5.41) is 0. The Balaban J connectivity index is 1.27. The second kappa shape index (κ2) is 7.64. The molecule has 0 bridgehead atoms. The maximum atomic E-state index is 13.5. The van der Waals surface area contributed by atoms with Gasteiger partial charge in [-0.3, -0.25) is 9.59 Å². The predicted octanol–water partition coefficient (Wildman–Crippen LogP) is 2.84. The topological polar surface area (TPSA) is 66.0 Å². The van der Waals surface area contributed by atoms with Gasteiger partial charge in [0.1, 0.15) is 12.0 Å². The number of hydrogen-bond donors (Lipinski definition) is 0. The Morgan fingerprint density at radius 1 is 1.10 bits per heavy atom. The van der Waals surface area contributed by atoms with Crippen molar-refractivity contribution in [3.63, 3.8) is 0 Å². The van der Waals surface area contributed by atoms with Crippen LogP contribution in [0.15, 0.2) is 48.7 Å². The molecule has 2 amide bonds. The third-order valence-electron chi connectivity index (χ3n) is 6.80. The van der Waals surface area contributed by atoms with E-state index in [2.05, 4.69) is 22.0 Å². The van der Waals surface area contributed by atoms with Crippen LogP contribution in [0.2, 0.25) is 0 Å². The van der Waals surface area contributed by atoms with E-state index in [4.69, 9.17) is 4.74 Å². The number of piperidine rings is 1. The number of benzene rings is 1. The van der Waals surface area contributed by atoms with Crippen LogP contribution >= 0.6 is 0 Å². The number of rotatable bonds is 3. The highest BCUT2D eigenvalue weighted by Crippen LogP contribution is 2.47. The third kappa shape index (κ3) is 3.37. The fourth-order valence-corrected chi connectivity index (χ4v) is 5.10. The van der Waals surface area contributed by atoms with Crippen LogP contribution in [-0.4, -0.2) is 65.6 Å². The largest absolute Gasteiger partial charge is 0.356 e. The zero-order valence-corrected chi connectivity index (χ0v) is 18.0. The molecule has 3 fully saturated rings. The van der Waals surface area contributed by atoms with Crippen LogP contribution in [0.25, 0.3) is 0 Å². The molecule has 0 saturated carbocycles. The Bertz CT molecular complexity index is 968. The minimum atomic E-state index is -0.713. The van der Waals surface area contributed by atoms with Gasteiger partial charge in [0, 0.05) is 46.2 Å². The summed E-state index contributed by atoms with van der Waals surface area (Å²) in [6, 6.07) is 14.1. The Hall–Kier alpha value is -2.93. The number of fused-ring (bicyclic) bond motifs is 1. The van der Waals surface area contributed by atoms with Crippen molar-refractivity contribution >= 4 is 17.6 Å². The van der Waals surface area contributed by atoms with Crippen molar-refractivity contribution in [2.24, 2.45) is 0 Å². The first kappa shape index (κ1) is 20.0. The van der Waals surface area contributed by atoms with Crippen molar-refractivity contribution in [2.75, 3.05) is 32.1 Å². The van der Waals surface area contributed by atoms with Crippen molar-refractivity contribution in [1.82, 2.24) is 14.8 Å². The second-order valence-electron chi connectivity index (χ2n) is 8.87. The fourth-order valence-electron chi connectivity index (χ4n) is 5.10. The first-order valence-electron chi connectivity index (χ1n) is 11.0.